The minimum absolute atomic E-state index is 0. The molecule has 1 aromatic heterocycles. The summed E-state index contributed by atoms with van der Waals surface area (Å²) >= 11 is 0. The third kappa shape index (κ3) is 1.70. The van der Waals surface area contributed by atoms with E-state index in [2.05, 4.69) is 0 Å². The molecule has 6 heteroatoms. The van der Waals surface area contributed by atoms with Crippen LogP contribution in [0.4, 0.5) is 5.69 Å². The molecule has 0 saturated heterocycles. The van der Waals surface area contributed by atoms with Crippen LogP contribution in [0.5, 0.6) is 0 Å². The second-order valence-corrected chi connectivity index (χ2v) is 2.80. The number of aromatic nitrogens is 1. The van der Waals surface area contributed by atoms with E-state index in [0.717, 1.165) is 6.20 Å². The van der Waals surface area contributed by atoms with Crippen LogP contribution in [0.2, 0.25) is 0 Å². The molecule has 0 atom stereocenters. The van der Waals surface area contributed by atoms with Gasteiger partial charge < -0.3 is 10.7 Å². The predicted octanol–water partition coefficient (Wildman–Crippen LogP) is 0.557. The van der Waals surface area contributed by atoms with Crippen LogP contribution in [0.3, 0.4) is 0 Å². The van der Waals surface area contributed by atoms with E-state index in [1.165, 1.54) is 6.07 Å². The molecule has 2 N–H and O–H groups in total. The number of nitrogens with zero attached hydrogens (tertiary/aromatic N) is 2. The Balaban J connectivity index is 0.00000112. The summed E-state index contributed by atoms with van der Waals surface area (Å²) in [6, 6.07) is 7.64. The number of hydrogen-bond acceptors (Lipinski definition) is 3. The zero-order chi connectivity index (χ0) is 10.1. The summed E-state index contributed by atoms with van der Waals surface area (Å²) in [4.78, 5) is 10.1. The maximum atomic E-state index is 11.2. The summed E-state index contributed by atoms with van der Waals surface area (Å²) in [6.45, 7) is 0. The number of fused-ring (bicyclic) bond motifs is 1. The SMILES string of the molecule is O.O=[N+]([O-])c1cc[n+]([O-])c2ccccc12. The second-order valence-electron chi connectivity index (χ2n) is 2.80. The molecule has 2 rings (SSSR count). The minimum Gasteiger partial charge on any atom is -0.618 e. The highest BCUT2D eigenvalue weighted by atomic mass is 16.6. The van der Waals surface area contributed by atoms with Crippen LogP contribution >= 0.6 is 0 Å². The maximum absolute atomic E-state index is 11.2. The van der Waals surface area contributed by atoms with Crippen molar-refractivity contribution in [2.24, 2.45) is 0 Å². The van der Waals surface area contributed by atoms with Crippen LogP contribution in [-0.2, 0) is 0 Å². The van der Waals surface area contributed by atoms with Gasteiger partial charge in [-0.2, -0.15) is 4.73 Å². The molecule has 0 saturated carbocycles. The number of benzene rings is 1. The summed E-state index contributed by atoms with van der Waals surface area (Å²) in [6.07, 6.45) is 1.14. The Morgan fingerprint density at radius 2 is 1.87 bits per heavy atom. The van der Waals surface area contributed by atoms with Gasteiger partial charge in [0.15, 0.2) is 6.20 Å². The fourth-order valence-corrected chi connectivity index (χ4v) is 1.35. The van der Waals surface area contributed by atoms with E-state index >= 15 is 0 Å². The van der Waals surface area contributed by atoms with Gasteiger partial charge in [-0.15, -0.1) is 0 Å². The van der Waals surface area contributed by atoms with Gasteiger partial charge in [-0.3, -0.25) is 10.1 Å². The Hall–Kier alpha value is -2.21. The van der Waals surface area contributed by atoms with E-state index in [0.29, 0.717) is 15.6 Å². The highest BCUT2D eigenvalue weighted by Gasteiger charge is 2.15. The third-order valence-electron chi connectivity index (χ3n) is 1.98. The van der Waals surface area contributed by atoms with Gasteiger partial charge in [-0.05, 0) is 6.07 Å². The molecule has 0 radical (unpaired) electrons. The predicted molar refractivity (Wildman–Crippen MR) is 53.2 cm³/mol. The van der Waals surface area contributed by atoms with E-state index in [9.17, 15) is 15.3 Å². The standard InChI is InChI=1S/C9H6N2O3.H2O/c12-10-6-5-9(11(13)14)7-3-1-2-4-8(7)10;/h1-6H;1H2. The maximum Gasteiger partial charge on any atom is 0.289 e. The van der Waals surface area contributed by atoms with Crippen LogP contribution in [0.15, 0.2) is 36.5 Å². The molecule has 15 heavy (non-hydrogen) atoms. The highest BCUT2D eigenvalue weighted by molar-refractivity contribution is 5.85. The van der Waals surface area contributed by atoms with Gasteiger partial charge in [-0.1, -0.05) is 12.1 Å². The van der Waals surface area contributed by atoms with Gasteiger partial charge in [0.25, 0.3) is 5.69 Å². The monoisotopic (exact) mass is 208 g/mol. The average molecular weight is 208 g/mol. The summed E-state index contributed by atoms with van der Waals surface area (Å²) in [5.74, 6) is 0. The summed E-state index contributed by atoms with van der Waals surface area (Å²) in [5, 5.41) is 22.2. The van der Waals surface area contributed by atoms with Gasteiger partial charge in [0.2, 0.25) is 5.52 Å². The Bertz CT molecular complexity index is 512. The Kier molecular flexibility index (Phi) is 2.82. The van der Waals surface area contributed by atoms with Crippen molar-refractivity contribution in [1.82, 2.24) is 0 Å². The zero-order valence-corrected chi connectivity index (χ0v) is 7.58. The van der Waals surface area contributed by atoms with Crippen molar-refractivity contribution in [2.45, 2.75) is 0 Å². The number of para-hydroxylation sites is 1. The van der Waals surface area contributed by atoms with Crippen LogP contribution in [0, 0.1) is 15.3 Å². The molecule has 0 aliphatic carbocycles. The molecular formula is C9H8N2O4. The van der Waals surface area contributed by atoms with Crippen molar-refractivity contribution in [2.75, 3.05) is 0 Å². The van der Waals surface area contributed by atoms with Crippen molar-refractivity contribution in [1.29, 1.82) is 0 Å². The lowest BCUT2D eigenvalue weighted by Crippen LogP contribution is -2.26. The lowest BCUT2D eigenvalue weighted by atomic mass is 10.2. The highest BCUT2D eigenvalue weighted by Crippen LogP contribution is 2.21. The lowest BCUT2D eigenvalue weighted by Gasteiger charge is -2.00. The number of nitro groups is 1. The summed E-state index contributed by atoms with van der Waals surface area (Å²) < 4.78 is 0.613. The third-order valence-corrected chi connectivity index (χ3v) is 1.98. The van der Waals surface area contributed by atoms with Crippen LogP contribution in [-0.4, -0.2) is 10.4 Å². The van der Waals surface area contributed by atoms with E-state index < -0.39 is 4.92 Å². The summed E-state index contributed by atoms with van der Waals surface area (Å²) in [7, 11) is 0. The van der Waals surface area contributed by atoms with Crippen molar-refractivity contribution in [3.63, 3.8) is 0 Å². The molecule has 0 aliphatic rings. The normalized spacial score (nSPS) is 9.60. The molecule has 0 amide bonds. The van der Waals surface area contributed by atoms with Gasteiger partial charge in [0.1, 0.15) is 5.39 Å². The molecule has 0 unspecified atom stereocenters. The van der Waals surface area contributed by atoms with Gasteiger partial charge in [0.05, 0.1) is 11.0 Å². The van der Waals surface area contributed by atoms with Crippen molar-refractivity contribution >= 4 is 16.6 Å². The van der Waals surface area contributed by atoms with Crippen molar-refractivity contribution in [3.8, 4) is 0 Å². The molecule has 0 bridgehead atoms. The van der Waals surface area contributed by atoms with Crippen molar-refractivity contribution in [3.05, 3.63) is 51.9 Å². The minimum atomic E-state index is -0.498. The quantitative estimate of drug-likeness (QED) is 0.296. The number of hydrogen-bond donors (Lipinski definition) is 0. The molecule has 6 nitrogen and oxygen atoms in total. The molecule has 2 aromatic rings. The smallest absolute Gasteiger partial charge is 0.289 e. The first kappa shape index (κ1) is 10.9. The molecule has 1 heterocycles. The fourth-order valence-electron chi connectivity index (χ4n) is 1.35. The largest absolute Gasteiger partial charge is 0.618 e. The molecule has 0 spiro atoms. The van der Waals surface area contributed by atoms with Crippen LogP contribution in [0.25, 0.3) is 10.9 Å². The summed E-state index contributed by atoms with van der Waals surface area (Å²) in [5.41, 5.74) is 0.259. The number of rotatable bonds is 1. The van der Waals surface area contributed by atoms with Crippen LogP contribution < -0.4 is 4.73 Å². The lowest BCUT2D eigenvalue weighted by molar-refractivity contribution is -0.577. The van der Waals surface area contributed by atoms with E-state index in [4.69, 9.17) is 0 Å². The van der Waals surface area contributed by atoms with Gasteiger partial charge in [-0.25, -0.2) is 0 Å². The van der Waals surface area contributed by atoms with E-state index in [-0.39, 0.29) is 11.2 Å². The molecule has 0 fully saturated rings. The first-order valence-electron chi connectivity index (χ1n) is 3.95. The Morgan fingerprint density at radius 1 is 1.20 bits per heavy atom. The topological polar surface area (TPSA) is 102 Å². The first-order valence-corrected chi connectivity index (χ1v) is 3.95. The van der Waals surface area contributed by atoms with E-state index in [1.807, 2.05) is 0 Å². The molecule has 78 valence electrons. The van der Waals surface area contributed by atoms with E-state index in [1.54, 1.807) is 24.3 Å². The Morgan fingerprint density at radius 3 is 2.53 bits per heavy atom. The average Bonchev–Trinajstić information content (AvgIpc) is 2.18. The number of pyridine rings is 1. The second kappa shape index (κ2) is 3.89. The fraction of sp³-hybridized carbons (Fsp3) is 0. The van der Waals surface area contributed by atoms with Crippen molar-refractivity contribution < 1.29 is 15.1 Å². The molecule has 0 aliphatic heterocycles. The first-order chi connectivity index (χ1) is 6.70. The molecular weight excluding hydrogens is 200 g/mol. The van der Waals surface area contributed by atoms with Gasteiger partial charge in [0, 0.05) is 6.07 Å². The van der Waals surface area contributed by atoms with Gasteiger partial charge >= 0.3 is 0 Å². The Labute approximate surface area is 84.4 Å². The molecule has 1 aromatic carbocycles. The zero-order valence-electron chi connectivity index (χ0n) is 7.58. The van der Waals surface area contributed by atoms with Crippen LogP contribution in [0.1, 0.15) is 0 Å².